The van der Waals surface area contributed by atoms with Crippen LogP contribution < -0.4 is 15.5 Å². The van der Waals surface area contributed by atoms with E-state index in [1.807, 2.05) is 18.0 Å². The number of pyridine rings is 2. The quantitative estimate of drug-likeness (QED) is 0.459. The highest BCUT2D eigenvalue weighted by Gasteiger charge is 2.41. The molecule has 0 bridgehead atoms. The summed E-state index contributed by atoms with van der Waals surface area (Å²) in [4.78, 5) is 52.0. The number of rotatable bonds is 9. The maximum Gasteiger partial charge on any atom is 0.328 e. The summed E-state index contributed by atoms with van der Waals surface area (Å²) in [5, 5.41) is 15.8. The van der Waals surface area contributed by atoms with E-state index in [1.54, 1.807) is 11.0 Å². The van der Waals surface area contributed by atoms with E-state index in [2.05, 4.69) is 33.6 Å². The molecule has 0 spiro atoms. The predicted octanol–water partition coefficient (Wildman–Crippen LogP) is 3.41. The molecule has 0 atom stereocenters. The molecule has 4 heterocycles. The van der Waals surface area contributed by atoms with Crippen LogP contribution >= 0.6 is 0 Å². The highest BCUT2D eigenvalue weighted by Crippen LogP contribution is 2.49. The van der Waals surface area contributed by atoms with E-state index in [1.165, 1.54) is 23.9 Å². The summed E-state index contributed by atoms with van der Waals surface area (Å²) in [6.07, 6.45) is 8.25. The number of urea groups is 1. The zero-order chi connectivity index (χ0) is 28.3. The first-order valence-electron chi connectivity index (χ1n) is 14.0. The largest absolute Gasteiger partial charge is 0.383 e. The summed E-state index contributed by atoms with van der Waals surface area (Å²) in [6, 6.07) is 5.38. The zero-order valence-corrected chi connectivity index (χ0v) is 23.2. The Bertz CT molecular complexity index is 1350. The van der Waals surface area contributed by atoms with E-state index in [0.29, 0.717) is 66.3 Å². The van der Waals surface area contributed by atoms with Crippen LogP contribution in [0.3, 0.4) is 0 Å². The third-order valence-electron chi connectivity index (χ3n) is 8.15. The van der Waals surface area contributed by atoms with E-state index in [-0.39, 0.29) is 11.6 Å². The molecule has 1 aliphatic carbocycles. The number of anilines is 3. The molecule has 2 fully saturated rings. The normalized spacial score (nSPS) is 18.1. The van der Waals surface area contributed by atoms with Gasteiger partial charge in [0.05, 0.1) is 17.8 Å². The number of nitriles is 1. The van der Waals surface area contributed by atoms with E-state index in [9.17, 15) is 19.6 Å². The van der Waals surface area contributed by atoms with E-state index < -0.39 is 6.03 Å². The number of aromatic nitrogens is 2. The van der Waals surface area contributed by atoms with Crippen LogP contribution in [-0.2, 0) is 17.8 Å². The summed E-state index contributed by atoms with van der Waals surface area (Å²) in [5.74, 6) is 0.798. The minimum absolute atomic E-state index is 0.0192. The van der Waals surface area contributed by atoms with Gasteiger partial charge in [0.2, 0.25) is 5.91 Å². The topological polar surface area (TPSA) is 135 Å². The number of likely N-dealkylation sites (N-methyl/N-ethyl adjacent to an activating group) is 1. The first kappa shape index (κ1) is 27.5. The lowest BCUT2D eigenvalue weighted by Crippen LogP contribution is -2.48. The van der Waals surface area contributed by atoms with Crippen molar-refractivity contribution in [3.05, 3.63) is 40.7 Å². The number of carbonyl (C=O) groups excluding carboxylic acids is 3. The molecule has 0 radical (unpaired) electrons. The highest BCUT2D eigenvalue weighted by molar-refractivity contribution is 6.02. The molecule has 1 saturated carbocycles. The molecule has 11 heteroatoms. The fourth-order valence-electron chi connectivity index (χ4n) is 5.62. The second kappa shape index (κ2) is 11.6. The van der Waals surface area contributed by atoms with Crippen molar-refractivity contribution in [1.29, 1.82) is 5.26 Å². The van der Waals surface area contributed by atoms with Gasteiger partial charge in [0.1, 0.15) is 23.4 Å². The number of piperazine rings is 1. The average Bonchev–Trinajstić information content (AvgIpc) is 3.72. The van der Waals surface area contributed by atoms with Gasteiger partial charge in [-0.15, -0.1) is 0 Å². The van der Waals surface area contributed by atoms with Gasteiger partial charge >= 0.3 is 6.03 Å². The lowest BCUT2D eigenvalue weighted by Gasteiger charge is -2.33. The number of hydrogen-bond acceptors (Lipinski definition) is 8. The Balaban J connectivity index is 1.32. The van der Waals surface area contributed by atoms with Crippen LogP contribution in [0.15, 0.2) is 18.3 Å². The summed E-state index contributed by atoms with van der Waals surface area (Å²) in [5.41, 5.74) is 3.16. The van der Waals surface area contributed by atoms with Crippen LogP contribution in [0.5, 0.6) is 0 Å². The van der Waals surface area contributed by atoms with Crippen LogP contribution in [0.25, 0.3) is 0 Å². The molecule has 2 aliphatic heterocycles. The van der Waals surface area contributed by atoms with Gasteiger partial charge < -0.3 is 10.2 Å². The van der Waals surface area contributed by atoms with Crippen molar-refractivity contribution in [3.8, 4) is 6.07 Å². The molecule has 3 amide bonds. The second-order valence-electron chi connectivity index (χ2n) is 11.2. The lowest BCUT2D eigenvalue weighted by atomic mass is 10.0. The Morgan fingerprint density at radius 2 is 2.08 bits per heavy atom. The summed E-state index contributed by atoms with van der Waals surface area (Å²) < 4.78 is 0. The average molecular weight is 545 g/mol. The van der Waals surface area contributed by atoms with Crippen molar-refractivity contribution in [3.63, 3.8) is 0 Å². The molecule has 5 rings (SSSR count). The van der Waals surface area contributed by atoms with E-state index in [0.717, 1.165) is 44.3 Å². The van der Waals surface area contributed by atoms with E-state index >= 15 is 0 Å². The van der Waals surface area contributed by atoms with Crippen LogP contribution in [0.1, 0.15) is 66.2 Å². The van der Waals surface area contributed by atoms with Gasteiger partial charge in [0.15, 0.2) is 6.29 Å². The van der Waals surface area contributed by atoms with Gasteiger partial charge in [-0.1, -0.05) is 13.3 Å². The molecule has 0 aromatic carbocycles. The van der Waals surface area contributed by atoms with Crippen molar-refractivity contribution in [2.24, 2.45) is 5.41 Å². The first-order chi connectivity index (χ1) is 19.3. The first-order valence-corrected chi connectivity index (χ1v) is 14.0. The third kappa shape index (κ3) is 5.92. The van der Waals surface area contributed by atoms with Crippen LogP contribution in [0, 0.1) is 16.7 Å². The SMILES string of the molecule is CCCC1(CNc2cc(NC(=O)N3CCCc4cc(CN5CCN(C)CC5=O)c(C=O)nc43)ncc2C#N)CC1. The van der Waals surface area contributed by atoms with Crippen LogP contribution in [0.4, 0.5) is 22.1 Å². The molecule has 210 valence electrons. The number of nitrogens with one attached hydrogen (secondary N) is 2. The molecule has 1 saturated heterocycles. The number of amides is 3. The molecular formula is C29H36N8O3. The fourth-order valence-corrected chi connectivity index (χ4v) is 5.62. The predicted molar refractivity (Wildman–Crippen MR) is 151 cm³/mol. The molecule has 40 heavy (non-hydrogen) atoms. The smallest absolute Gasteiger partial charge is 0.328 e. The van der Waals surface area contributed by atoms with E-state index in [4.69, 9.17) is 0 Å². The van der Waals surface area contributed by atoms with Gasteiger partial charge in [-0.2, -0.15) is 5.26 Å². The van der Waals surface area contributed by atoms with Gasteiger partial charge in [-0.25, -0.2) is 14.8 Å². The van der Waals surface area contributed by atoms with Crippen molar-refractivity contribution in [2.75, 3.05) is 55.3 Å². The summed E-state index contributed by atoms with van der Waals surface area (Å²) in [7, 11) is 1.91. The van der Waals surface area contributed by atoms with Gasteiger partial charge in [0.25, 0.3) is 0 Å². The minimum atomic E-state index is -0.403. The minimum Gasteiger partial charge on any atom is -0.383 e. The van der Waals surface area contributed by atoms with Crippen LogP contribution in [0.2, 0.25) is 0 Å². The Labute approximate surface area is 234 Å². The molecule has 3 aliphatic rings. The Morgan fingerprint density at radius 3 is 2.77 bits per heavy atom. The van der Waals surface area contributed by atoms with Gasteiger partial charge in [0, 0.05) is 50.6 Å². The molecule has 2 N–H and O–H groups in total. The number of carbonyl (C=O) groups is 3. The molecular weight excluding hydrogens is 508 g/mol. The zero-order valence-electron chi connectivity index (χ0n) is 23.2. The number of nitrogens with zero attached hydrogens (tertiary/aromatic N) is 6. The Morgan fingerprint density at radius 1 is 1.25 bits per heavy atom. The molecule has 0 unspecified atom stereocenters. The number of hydrogen-bond donors (Lipinski definition) is 2. The lowest BCUT2D eigenvalue weighted by molar-refractivity contribution is -0.136. The number of fused-ring (bicyclic) bond motifs is 1. The Hall–Kier alpha value is -4.04. The fraction of sp³-hybridized carbons (Fsp3) is 0.517. The van der Waals surface area contributed by atoms with Gasteiger partial charge in [-0.3, -0.25) is 24.7 Å². The molecule has 11 nitrogen and oxygen atoms in total. The standard InChI is InChI=1S/C29H36N8O3/c1-3-6-29(7-8-29)19-32-23-13-25(31-15-22(23)14-30)34-28(40)37-9-4-5-20-12-21(24(18-38)33-27(20)37)16-36-11-10-35(2)17-26(36)39/h12-13,15,18H,3-11,16-17,19H2,1-2H3,(H2,31,32,34,40). The monoisotopic (exact) mass is 544 g/mol. The maximum absolute atomic E-state index is 13.4. The summed E-state index contributed by atoms with van der Waals surface area (Å²) in [6.45, 7) is 5.44. The van der Waals surface area contributed by atoms with Crippen molar-refractivity contribution in [2.45, 2.75) is 52.0 Å². The van der Waals surface area contributed by atoms with Crippen molar-refractivity contribution < 1.29 is 14.4 Å². The second-order valence-corrected chi connectivity index (χ2v) is 11.2. The summed E-state index contributed by atoms with van der Waals surface area (Å²) >= 11 is 0. The Kier molecular flexibility index (Phi) is 7.98. The van der Waals surface area contributed by atoms with Crippen LogP contribution in [-0.4, -0.2) is 77.8 Å². The van der Waals surface area contributed by atoms with Crippen molar-refractivity contribution in [1.82, 2.24) is 19.8 Å². The third-order valence-corrected chi connectivity index (χ3v) is 8.15. The van der Waals surface area contributed by atoms with Gasteiger partial charge in [-0.05, 0) is 56.2 Å². The number of aryl methyl sites for hydroxylation is 1. The molecule has 2 aromatic heterocycles. The molecule has 2 aromatic rings. The maximum atomic E-state index is 13.4. The number of aldehydes is 1. The van der Waals surface area contributed by atoms with Crippen molar-refractivity contribution >= 4 is 35.5 Å². The highest BCUT2D eigenvalue weighted by atomic mass is 16.2.